The number of nitrogens with one attached hydrogen (secondary N) is 1. The Morgan fingerprint density at radius 3 is 2.75 bits per heavy atom. The first-order valence-electron chi connectivity index (χ1n) is 4.34. The average Bonchev–Trinajstić information content (AvgIpc) is 2.53. The molecule has 12 heavy (non-hydrogen) atoms. The summed E-state index contributed by atoms with van der Waals surface area (Å²) in [5, 5.41) is 7.68. The minimum absolute atomic E-state index is 0.266. The Morgan fingerprint density at radius 2 is 2.25 bits per heavy atom. The van der Waals surface area contributed by atoms with Gasteiger partial charge in [0.15, 0.2) is 0 Å². The first kappa shape index (κ1) is 9.75. The van der Waals surface area contributed by atoms with Crippen LogP contribution in [-0.2, 0) is 6.42 Å². The Morgan fingerprint density at radius 1 is 1.50 bits per heavy atom. The van der Waals surface area contributed by atoms with Crippen LogP contribution >= 0.6 is 11.3 Å². The summed E-state index contributed by atoms with van der Waals surface area (Å²) < 4.78 is 0. The predicted molar refractivity (Wildman–Crippen MR) is 55.8 cm³/mol. The van der Waals surface area contributed by atoms with Crippen LogP contribution in [0.2, 0.25) is 0 Å². The second-order valence-corrected chi connectivity index (χ2v) is 4.55. The van der Waals surface area contributed by atoms with Crippen LogP contribution in [0.1, 0.15) is 25.8 Å². The Kier molecular flexibility index (Phi) is 3.29. The van der Waals surface area contributed by atoms with E-state index < -0.39 is 0 Å². The van der Waals surface area contributed by atoms with Crippen LogP contribution in [0.5, 0.6) is 0 Å². The number of aryl methyl sites for hydroxylation is 1. The maximum Gasteiger partial charge on any atom is 0.0125 e. The lowest BCUT2D eigenvalue weighted by atomic mass is 9.97. The van der Waals surface area contributed by atoms with Crippen molar-refractivity contribution >= 4 is 11.3 Å². The van der Waals surface area contributed by atoms with Gasteiger partial charge in [-0.05, 0) is 56.1 Å². The van der Waals surface area contributed by atoms with Crippen molar-refractivity contribution in [2.75, 3.05) is 7.05 Å². The Balaban J connectivity index is 2.36. The first-order chi connectivity index (χ1) is 5.64. The fraction of sp³-hybridized carbons (Fsp3) is 0.600. The SMILES string of the molecule is CNC(C)(C)CCc1ccsc1. The van der Waals surface area contributed by atoms with Gasteiger partial charge in [-0.25, -0.2) is 0 Å². The van der Waals surface area contributed by atoms with E-state index in [0.717, 1.165) is 0 Å². The number of rotatable bonds is 4. The van der Waals surface area contributed by atoms with E-state index in [9.17, 15) is 0 Å². The highest BCUT2D eigenvalue weighted by atomic mass is 32.1. The minimum atomic E-state index is 0.266. The van der Waals surface area contributed by atoms with Crippen LogP contribution in [0, 0.1) is 0 Å². The van der Waals surface area contributed by atoms with Gasteiger partial charge in [-0.15, -0.1) is 0 Å². The standard InChI is InChI=1S/C10H17NS/c1-10(2,11-3)6-4-9-5-7-12-8-9/h5,7-8,11H,4,6H2,1-3H3. The van der Waals surface area contributed by atoms with Gasteiger partial charge in [0, 0.05) is 5.54 Å². The second kappa shape index (κ2) is 4.06. The molecule has 0 fully saturated rings. The van der Waals surface area contributed by atoms with Crippen molar-refractivity contribution in [2.24, 2.45) is 0 Å². The van der Waals surface area contributed by atoms with Gasteiger partial charge in [0.1, 0.15) is 0 Å². The monoisotopic (exact) mass is 183 g/mol. The second-order valence-electron chi connectivity index (χ2n) is 3.77. The molecule has 0 aliphatic heterocycles. The Hall–Kier alpha value is -0.340. The molecule has 0 unspecified atom stereocenters. The Labute approximate surface area is 78.8 Å². The van der Waals surface area contributed by atoms with Crippen molar-refractivity contribution < 1.29 is 0 Å². The van der Waals surface area contributed by atoms with Gasteiger partial charge in [0.2, 0.25) is 0 Å². The molecular weight excluding hydrogens is 166 g/mol. The lowest BCUT2D eigenvalue weighted by Gasteiger charge is -2.23. The molecule has 1 nitrogen and oxygen atoms in total. The molecule has 0 saturated heterocycles. The summed E-state index contributed by atoms with van der Waals surface area (Å²) >= 11 is 1.78. The van der Waals surface area contributed by atoms with Crippen LogP contribution in [0.4, 0.5) is 0 Å². The Bertz CT molecular complexity index is 214. The number of thiophene rings is 1. The quantitative estimate of drug-likeness (QED) is 0.756. The van der Waals surface area contributed by atoms with Crippen molar-refractivity contribution in [1.29, 1.82) is 0 Å². The van der Waals surface area contributed by atoms with E-state index in [-0.39, 0.29) is 5.54 Å². The molecule has 1 N–H and O–H groups in total. The summed E-state index contributed by atoms with van der Waals surface area (Å²) in [6.45, 7) is 4.47. The third-order valence-corrected chi connectivity index (χ3v) is 3.03. The molecule has 0 amide bonds. The fourth-order valence-electron chi connectivity index (χ4n) is 1.02. The highest BCUT2D eigenvalue weighted by Gasteiger charge is 2.13. The molecule has 1 aromatic rings. The average molecular weight is 183 g/mol. The van der Waals surface area contributed by atoms with Crippen LogP contribution in [0.15, 0.2) is 16.8 Å². The zero-order valence-corrected chi connectivity index (χ0v) is 8.87. The highest BCUT2D eigenvalue weighted by Crippen LogP contribution is 2.14. The van der Waals surface area contributed by atoms with Crippen LogP contribution < -0.4 is 5.32 Å². The first-order valence-corrected chi connectivity index (χ1v) is 5.28. The summed E-state index contributed by atoms with van der Waals surface area (Å²) in [7, 11) is 2.02. The zero-order valence-electron chi connectivity index (χ0n) is 8.05. The number of hydrogen-bond donors (Lipinski definition) is 1. The lowest BCUT2D eigenvalue weighted by Crippen LogP contribution is -2.36. The van der Waals surface area contributed by atoms with Gasteiger partial charge in [0.25, 0.3) is 0 Å². The number of hydrogen-bond acceptors (Lipinski definition) is 2. The molecule has 0 aliphatic rings. The molecule has 2 heteroatoms. The van der Waals surface area contributed by atoms with Crippen molar-refractivity contribution in [2.45, 2.75) is 32.2 Å². The normalized spacial score (nSPS) is 11.9. The van der Waals surface area contributed by atoms with Crippen LogP contribution in [0.25, 0.3) is 0 Å². The van der Waals surface area contributed by atoms with E-state index in [1.54, 1.807) is 11.3 Å². The summed E-state index contributed by atoms with van der Waals surface area (Å²) in [5.41, 5.74) is 1.73. The van der Waals surface area contributed by atoms with E-state index in [1.165, 1.54) is 18.4 Å². The van der Waals surface area contributed by atoms with Gasteiger partial charge in [-0.3, -0.25) is 0 Å². The fourth-order valence-corrected chi connectivity index (χ4v) is 1.72. The molecule has 0 aliphatic carbocycles. The third kappa shape index (κ3) is 2.95. The van der Waals surface area contributed by atoms with Crippen molar-refractivity contribution in [3.05, 3.63) is 22.4 Å². The maximum absolute atomic E-state index is 3.31. The molecule has 0 bridgehead atoms. The summed E-state index contributed by atoms with van der Waals surface area (Å²) in [4.78, 5) is 0. The van der Waals surface area contributed by atoms with Gasteiger partial charge < -0.3 is 5.32 Å². The molecule has 0 radical (unpaired) electrons. The molecule has 0 spiro atoms. The van der Waals surface area contributed by atoms with Gasteiger partial charge in [0.05, 0.1) is 0 Å². The summed E-state index contributed by atoms with van der Waals surface area (Å²) in [6, 6.07) is 2.20. The molecule has 1 aromatic heterocycles. The van der Waals surface area contributed by atoms with E-state index in [2.05, 4.69) is 36.0 Å². The van der Waals surface area contributed by atoms with E-state index in [4.69, 9.17) is 0 Å². The van der Waals surface area contributed by atoms with Crippen molar-refractivity contribution in [1.82, 2.24) is 5.32 Å². The zero-order chi connectivity index (χ0) is 9.03. The molecule has 0 saturated carbocycles. The van der Waals surface area contributed by atoms with E-state index in [0.29, 0.717) is 0 Å². The molecule has 1 rings (SSSR count). The van der Waals surface area contributed by atoms with Crippen molar-refractivity contribution in [3.8, 4) is 0 Å². The third-order valence-electron chi connectivity index (χ3n) is 2.30. The molecule has 68 valence electrons. The smallest absolute Gasteiger partial charge is 0.0125 e. The van der Waals surface area contributed by atoms with E-state index in [1.807, 2.05) is 7.05 Å². The van der Waals surface area contributed by atoms with Crippen molar-refractivity contribution in [3.63, 3.8) is 0 Å². The maximum atomic E-state index is 3.31. The van der Waals surface area contributed by atoms with E-state index >= 15 is 0 Å². The summed E-state index contributed by atoms with van der Waals surface area (Å²) in [6.07, 6.45) is 2.37. The predicted octanol–water partition coefficient (Wildman–Crippen LogP) is 2.68. The van der Waals surface area contributed by atoms with Crippen LogP contribution in [-0.4, -0.2) is 12.6 Å². The lowest BCUT2D eigenvalue weighted by molar-refractivity contribution is 0.394. The largest absolute Gasteiger partial charge is 0.315 e. The van der Waals surface area contributed by atoms with Gasteiger partial charge in [-0.1, -0.05) is 0 Å². The van der Waals surface area contributed by atoms with Gasteiger partial charge in [-0.2, -0.15) is 11.3 Å². The van der Waals surface area contributed by atoms with Gasteiger partial charge >= 0.3 is 0 Å². The topological polar surface area (TPSA) is 12.0 Å². The molecular formula is C10H17NS. The molecule has 1 heterocycles. The minimum Gasteiger partial charge on any atom is -0.315 e. The van der Waals surface area contributed by atoms with Crippen LogP contribution in [0.3, 0.4) is 0 Å². The highest BCUT2D eigenvalue weighted by molar-refractivity contribution is 7.07. The summed E-state index contributed by atoms with van der Waals surface area (Å²) in [5.74, 6) is 0. The molecule has 0 aromatic carbocycles. The molecule has 0 atom stereocenters.